The quantitative estimate of drug-likeness (QED) is 0.770. The van der Waals surface area contributed by atoms with E-state index in [0.717, 1.165) is 30.8 Å². The number of rotatable bonds is 7. The molecule has 0 radical (unpaired) electrons. The first-order chi connectivity index (χ1) is 13.7. The summed E-state index contributed by atoms with van der Waals surface area (Å²) in [4.78, 5) is 11.8. The third-order valence-electron chi connectivity index (χ3n) is 5.49. The Morgan fingerprint density at radius 1 is 1.07 bits per heavy atom. The molecule has 1 saturated heterocycles. The van der Waals surface area contributed by atoms with Crippen molar-refractivity contribution >= 4 is 5.91 Å². The maximum Gasteiger partial charge on any atom is 0.252 e. The van der Waals surface area contributed by atoms with Gasteiger partial charge in [-0.25, -0.2) is 4.39 Å². The number of hydrogen-bond acceptors (Lipinski definition) is 4. The molecule has 2 atom stereocenters. The summed E-state index contributed by atoms with van der Waals surface area (Å²) in [6.07, 6.45) is 1.03. The van der Waals surface area contributed by atoms with E-state index >= 15 is 0 Å². The summed E-state index contributed by atoms with van der Waals surface area (Å²) in [5.74, 6) is 2.10. The molecule has 4 rings (SSSR count). The lowest BCUT2D eigenvalue weighted by Crippen LogP contribution is -2.38. The number of fused-ring (bicyclic) bond motifs is 1. The van der Waals surface area contributed by atoms with E-state index in [1.807, 2.05) is 30.3 Å². The second-order valence-corrected chi connectivity index (χ2v) is 7.28. The normalized spacial score (nSPS) is 21.1. The molecule has 2 aliphatic heterocycles. The van der Waals surface area contributed by atoms with E-state index in [1.54, 1.807) is 0 Å². The van der Waals surface area contributed by atoms with Gasteiger partial charge in [0.15, 0.2) is 0 Å². The van der Waals surface area contributed by atoms with Crippen LogP contribution in [0.5, 0.6) is 11.5 Å². The molecule has 0 bridgehead atoms. The van der Waals surface area contributed by atoms with Gasteiger partial charge in [-0.3, -0.25) is 4.79 Å². The van der Waals surface area contributed by atoms with E-state index in [0.29, 0.717) is 36.3 Å². The van der Waals surface area contributed by atoms with Crippen molar-refractivity contribution < 1.29 is 18.7 Å². The van der Waals surface area contributed by atoms with Gasteiger partial charge in [-0.1, -0.05) is 18.2 Å². The molecule has 1 amide bonds. The highest BCUT2D eigenvalue weighted by Gasteiger charge is 2.27. The molecular weight excluding hydrogens is 359 g/mol. The van der Waals surface area contributed by atoms with Crippen molar-refractivity contribution in [3.05, 3.63) is 59.2 Å². The average Bonchev–Trinajstić information content (AvgIpc) is 3.11. The van der Waals surface area contributed by atoms with Crippen LogP contribution in [0.3, 0.4) is 0 Å². The number of carbonyl (C=O) groups is 1. The van der Waals surface area contributed by atoms with Gasteiger partial charge in [0.2, 0.25) is 0 Å². The third-order valence-corrected chi connectivity index (χ3v) is 5.49. The smallest absolute Gasteiger partial charge is 0.252 e. The Balaban J connectivity index is 1.41. The number of ether oxygens (including phenoxy) is 2. The van der Waals surface area contributed by atoms with Crippen molar-refractivity contribution in [3.8, 4) is 11.5 Å². The van der Waals surface area contributed by atoms with Crippen LogP contribution in [-0.2, 0) is 6.54 Å². The maximum atomic E-state index is 12.3. The van der Waals surface area contributed by atoms with Crippen LogP contribution in [0.4, 0.5) is 4.39 Å². The topological polar surface area (TPSA) is 59.6 Å². The first-order valence-corrected chi connectivity index (χ1v) is 9.78. The van der Waals surface area contributed by atoms with Gasteiger partial charge in [0.1, 0.15) is 24.8 Å². The van der Waals surface area contributed by atoms with Gasteiger partial charge in [-0.15, -0.1) is 0 Å². The van der Waals surface area contributed by atoms with E-state index in [4.69, 9.17) is 9.47 Å². The SMILES string of the molecule is O=C1NCc2ccc(OCC3CNCC[C@H]3c3ccc(OCCF)cc3)cc21. The van der Waals surface area contributed by atoms with Crippen molar-refractivity contribution in [1.29, 1.82) is 0 Å². The summed E-state index contributed by atoms with van der Waals surface area (Å²) >= 11 is 0. The monoisotopic (exact) mass is 384 g/mol. The predicted octanol–water partition coefficient (Wildman–Crippen LogP) is 3.05. The molecule has 2 aromatic rings. The average molecular weight is 384 g/mol. The largest absolute Gasteiger partial charge is 0.493 e. The summed E-state index contributed by atoms with van der Waals surface area (Å²) in [5.41, 5.74) is 2.97. The van der Waals surface area contributed by atoms with Crippen LogP contribution in [0.15, 0.2) is 42.5 Å². The molecule has 2 heterocycles. The molecule has 1 unspecified atom stereocenters. The zero-order valence-electron chi connectivity index (χ0n) is 15.7. The number of benzene rings is 2. The molecule has 0 aromatic heterocycles. The number of carbonyl (C=O) groups excluding carboxylic acids is 1. The van der Waals surface area contributed by atoms with E-state index in [-0.39, 0.29) is 12.5 Å². The minimum Gasteiger partial charge on any atom is -0.493 e. The third kappa shape index (κ3) is 4.12. The van der Waals surface area contributed by atoms with Crippen molar-refractivity contribution in [2.45, 2.75) is 18.9 Å². The number of hydrogen-bond donors (Lipinski definition) is 2. The lowest BCUT2D eigenvalue weighted by molar-refractivity contribution is 0.0965. The van der Waals surface area contributed by atoms with Gasteiger partial charge in [0.25, 0.3) is 5.91 Å². The lowest BCUT2D eigenvalue weighted by atomic mass is 9.81. The molecule has 0 aliphatic carbocycles. The molecule has 28 heavy (non-hydrogen) atoms. The summed E-state index contributed by atoms with van der Waals surface area (Å²) in [6, 6.07) is 13.7. The fraction of sp³-hybridized carbons (Fsp3) is 0.409. The van der Waals surface area contributed by atoms with Crippen LogP contribution in [-0.4, -0.2) is 38.9 Å². The minimum absolute atomic E-state index is 0.0345. The molecule has 1 fully saturated rings. The zero-order valence-corrected chi connectivity index (χ0v) is 15.7. The Kier molecular flexibility index (Phi) is 5.76. The highest BCUT2D eigenvalue weighted by atomic mass is 19.1. The summed E-state index contributed by atoms with van der Waals surface area (Å²) in [7, 11) is 0. The standard InChI is InChI=1S/C22H25FN2O3/c23-8-10-27-18-4-1-15(2-5-18)20-7-9-24-12-17(20)14-28-19-6-3-16-13-25-22(26)21(16)11-19/h1-6,11,17,20,24H,7-10,12-14H2,(H,25,26)/t17?,20-/m0/s1. The van der Waals surface area contributed by atoms with E-state index in [2.05, 4.69) is 22.8 Å². The molecule has 0 saturated carbocycles. The van der Waals surface area contributed by atoms with Crippen LogP contribution in [0.1, 0.15) is 33.8 Å². The van der Waals surface area contributed by atoms with E-state index in [1.165, 1.54) is 5.56 Å². The van der Waals surface area contributed by atoms with Crippen LogP contribution < -0.4 is 20.1 Å². The molecule has 2 N–H and O–H groups in total. The Labute approximate surface area is 164 Å². The second kappa shape index (κ2) is 8.61. The molecule has 0 spiro atoms. The van der Waals surface area contributed by atoms with Crippen LogP contribution in [0.25, 0.3) is 0 Å². The predicted molar refractivity (Wildman–Crippen MR) is 105 cm³/mol. The zero-order chi connectivity index (χ0) is 19.3. The van der Waals surface area contributed by atoms with Gasteiger partial charge in [-0.05, 0) is 54.3 Å². The van der Waals surface area contributed by atoms with Crippen molar-refractivity contribution in [2.75, 3.05) is 33.0 Å². The molecule has 2 aromatic carbocycles. The molecule has 148 valence electrons. The lowest BCUT2D eigenvalue weighted by Gasteiger charge is -2.32. The first kappa shape index (κ1) is 18.7. The van der Waals surface area contributed by atoms with Crippen LogP contribution in [0, 0.1) is 5.92 Å². The number of piperidine rings is 1. The highest BCUT2D eigenvalue weighted by molar-refractivity contribution is 5.98. The Morgan fingerprint density at radius 3 is 2.71 bits per heavy atom. The van der Waals surface area contributed by atoms with Gasteiger partial charge in [0, 0.05) is 24.6 Å². The number of halogens is 1. The molecule has 6 heteroatoms. The maximum absolute atomic E-state index is 12.3. The minimum atomic E-state index is -0.486. The number of nitrogens with one attached hydrogen (secondary N) is 2. The molecule has 2 aliphatic rings. The molecule has 5 nitrogen and oxygen atoms in total. The Morgan fingerprint density at radius 2 is 1.89 bits per heavy atom. The fourth-order valence-electron chi connectivity index (χ4n) is 3.99. The van der Waals surface area contributed by atoms with Gasteiger partial charge < -0.3 is 20.1 Å². The molecular formula is C22H25FN2O3. The van der Waals surface area contributed by atoms with Crippen LogP contribution >= 0.6 is 0 Å². The van der Waals surface area contributed by atoms with Gasteiger partial charge in [0.05, 0.1) is 6.61 Å². The van der Waals surface area contributed by atoms with Crippen molar-refractivity contribution in [3.63, 3.8) is 0 Å². The van der Waals surface area contributed by atoms with Gasteiger partial charge >= 0.3 is 0 Å². The van der Waals surface area contributed by atoms with Crippen molar-refractivity contribution in [1.82, 2.24) is 10.6 Å². The van der Waals surface area contributed by atoms with E-state index in [9.17, 15) is 9.18 Å². The number of alkyl halides is 1. The second-order valence-electron chi connectivity index (χ2n) is 7.28. The van der Waals surface area contributed by atoms with Crippen molar-refractivity contribution in [2.24, 2.45) is 5.92 Å². The van der Waals surface area contributed by atoms with E-state index < -0.39 is 6.67 Å². The fourth-order valence-corrected chi connectivity index (χ4v) is 3.99. The van der Waals surface area contributed by atoms with Gasteiger partial charge in [-0.2, -0.15) is 0 Å². The first-order valence-electron chi connectivity index (χ1n) is 9.78. The van der Waals surface area contributed by atoms with Crippen LogP contribution in [0.2, 0.25) is 0 Å². The highest BCUT2D eigenvalue weighted by Crippen LogP contribution is 2.32. The summed E-state index contributed by atoms with van der Waals surface area (Å²) in [6.45, 7) is 2.63. The Hall–Kier alpha value is -2.60. The summed E-state index contributed by atoms with van der Waals surface area (Å²) < 4.78 is 23.6. The number of amides is 1. The summed E-state index contributed by atoms with van der Waals surface area (Å²) in [5, 5.41) is 6.28. The Bertz CT molecular complexity index is 825.